The van der Waals surface area contributed by atoms with Crippen molar-refractivity contribution < 1.29 is 4.74 Å². The lowest BCUT2D eigenvalue weighted by Crippen LogP contribution is -2.22. The molecule has 0 aliphatic heterocycles. The van der Waals surface area contributed by atoms with Crippen LogP contribution in [-0.4, -0.2) is 7.11 Å². The van der Waals surface area contributed by atoms with Gasteiger partial charge >= 0.3 is 0 Å². The quantitative estimate of drug-likeness (QED) is 0.850. The molecule has 0 fully saturated rings. The highest BCUT2D eigenvalue weighted by molar-refractivity contribution is 6.30. The third-order valence-electron chi connectivity index (χ3n) is 4.18. The van der Waals surface area contributed by atoms with Gasteiger partial charge in [0.1, 0.15) is 5.75 Å². The molecule has 21 heavy (non-hydrogen) atoms. The molecule has 0 N–H and O–H groups in total. The maximum Gasteiger partial charge on any atom is 0.122 e. The minimum atomic E-state index is -0.401. The number of methoxy groups -OCH3 is 1. The molecular formula is C18H16ClNO. The molecule has 3 heteroatoms. The van der Waals surface area contributed by atoms with Gasteiger partial charge in [-0.3, -0.25) is 0 Å². The highest BCUT2D eigenvalue weighted by Crippen LogP contribution is 2.41. The Morgan fingerprint density at radius 2 is 1.86 bits per heavy atom. The van der Waals surface area contributed by atoms with Crippen molar-refractivity contribution in [1.82, 2.24) is 0 Å². The molecule has 0 spiro atoms. The van der Waals surface area contributed by atoms with Gasteiger partial charge < -0.3 is 4.74 Å². The lowest BCUT2D eigenvalue weighted by atomic mass is 9.80. The molecule has 0 bridgehead atoms. The Hall–Kier alpha value is -1.98. The van der Waals surface area contributed by atoms with Crippen molar-refractivity contribution in [1.29, 1.82) is 5.26 Å². The molecule has 0 saturated carbocycles. The minimum absolute atomic E-state index is 0.401. The number of halogens is 1. The molecule has 1 aliphatic rings. The summed E-state index contributed by atoms with van der Waals surface area (Å²) in [4.78, 5) is 0. The summed E-state index contributed by atoms with van der Waals surface area (Å²) in [6.07, 6.45) is 2.23. The summed E-state index contributed by atoms with van der Waals surface area (Å²) in [5.41, 5.74) is 3.15. The number of ether oxygens (including phenoxy) is 1. The van der Waals surface area contributed by atoms with Gasteiger partial charge in [-0.15, -0.1) is 0 Å². The number of rotatable bonds is 3. The van der Waals surface area contributed by atoms with Crippen LogP contribution in [0.3, 0.4) is 0 Å². The van der Waals surface area contributed by atoms with E-state index in [1.165, 1.54) is 11.1 Å². The van der Waals surface area contributed by atoms with Crippen molar-refractivity contribution >= 4 is 11.6 Å². The number of nitrogens with zero attached hydrogens (tertiary/aromatic N) is 1. The van der Waals surface area contributed by atoms with E-state index in [0.29, 0.717) is 11.4 Å². The summed E-state index contributed by atoms with van der Waals surface area (Å²) in [6, 6.07) is 16.4. The van der Waals surface area contributed by atoms with Crippen LogP contribution in [0, 0.1) is 16.7 Å². The number of fused-ring (bicyclic) bond motifs is 1. The predicted octanol–water partition coefficient (Wildman–Crippen LogP) is 4.20. The van der Waals surface area contributed by atoms with E-state index in [4.69, 9.17) is 16.3 Å². The van der Waals surface area contributed by atoms with E-state index in [1.54, 1.807) is 7.11 Å². The van der Waals surface area contributed by atoms with Gasteiger partial charge in [0, 0.05) is 5.02 Å². The van der Waals surface area contributed by atoms with Crippen molar-refractivity contribution in [3.8, 4) is 11.8 Å². The first-order chi connectivity index (χ1) is 10.2. The largest absolute Gasteiger partial charge is 0.496 e. The van der Waals surface area contributed by atoms with E-state index in [9.17, 15) is 5.26 Å². The Bertz CT molecular complexity index is 692. The Balaban J connectivity index is 1.94. The van der Waals surface area contributed by atoms with E-state index >= 15 is 0 Å². The smallest absolute Gasteiger partial charge is 0.122 e. The van der Waals surface area contributed by atoms with Gasteiger partial charge in [0.25, 0.3) is 0 Å². The van der Waals surface area contributed by atoms with Crippen molar-refractivity contribution in [3.63, 3.8) is 0 Å². The lowest BCUT2D eigenvalue weighted by molar-refractivity contribution is 0.383. The number of hydrogen-bond donors (Lipinski definition) is 0. The van der Waals surface area contributed by atoms with Crippen LogP contribution >= 0.6 is 11.6 Å². The Labute approximate surface area is 129 Å². The third-order valence-corrected chi connectivity index (χ3v) is 4.42. The van der Waals surface area contributed by atoms with E-state index in [2.05, 4.69) is 18.2 Å². The summed E-state index contributed by atoms with van der Waals surface area (Å²) in [5.74, 6) is 0.796. The zero-order valence-corrected chi connectivity index (χ0v) is 12.7. The first-order valence-corrected chi connectivity index (χ1v) is 7.34. The summed E-state index contributed by atoms with van der Waals surface area (Å²) >= 11 is 6.10. The van der Waals surface area contributed by atoms with Gasteiger partial charge in [0.15, 0.2) is 0 Å². The minimum Gasteiger partial charge on any atom is -0.496 e. The molecule has 2 aromatic carbocycles. The second-order valence-electron chi connectivity index (χ2n) is 5.65. The van der Waals surface area contributed by atoms with Gasteiger partial charge in [0.2, 0.25) is 0 Å². The summed E-state index contributed by atoms with van der Waals surface area (Å²) < 4.78 is 5.41. The molecule has 0 aromatic heterocycles. The molecule has 2 nitrogen and oxygen atoms in total. The zero-order chi connectivity index (χ0) is 14.9. The lowest BCUT2D eigenvalue weighted by Gasteiger charge is -2.21. The molecule has 0 unspecified atom stereocenters. The van der Waals surface area contributed by atoms with E-state index in [-0.39, 0.29) is 0 Å². The molecule has 3 rings (SSSR count). The Morgan fingerprint density at radius 1 is 1.19 bits per heavy atom. The maximum absolute atomic E-state index is 9.76. The van der Waals surface area contributed by atoms with Gasteiger partial charge in [0.05, 0.1) is 18.6 Å². The molecular weight excluding hydrogens is 282 g/mol. The van der Waals surface area contributed by atoms with Gasteiger partial charge in [-0.2, -0.15) is 5.26 Å². The maximum atomic E-state index is 9.76. The first kappa shape index (κ1) is 14.0. The number of hydrogen-bond acceptors (Lipinski definition) is 2. The van der Waals surface area contributed by atoms with Gasteiger partial charge in [-0.1, -0.05) is 35.9 Å². The highest BCUT2D eigenvalue weighted by Gasteiger charge is 2.38. The fourth-order valence-corrected chi connectivity index (χ4v) is 3.38. The normalized spacial score (nSPS) is 15.3. The van der Waals surface area contributed by atoms with Crippen molar-refractivity contribution in [2.45, 2.75) is 19.3 Å². The first-order valence-electron chi connectivity index (χ1n) is 6.96. The molecule has 0 atom stereocenters. The molecule has 0 saturated heterocycles. The predicted molar refractivity (Wildman–Crippen MR) is 83.6 cm³/mol. The van der Waals surface area contributed by atoms with Gasteiger partial charge in [-0.25, -0.2) is 0 Å². The fraction of sp³-hybridized carbons (Fsp3) is 0.278. The monoisotopic (exact) mass is 297 g/mol. The molecule has 0 amide bonds. The SMILES string of the molecule is COc1ccc(Cl)cc1CC1(C#N)Cc2ccccc2C1. The van der Waals surface area contributed by atoms with Crippen LogP contribution in [-0.2, 0) is 19.3 Å². The summed E-state index contributed by atoms with van der Waals surface area (Å²) in [5, 5.41) is 10.4. The molecule has 0 heterocycles. The molecule has 106 valence electrons. The molecule has 2 aromatic rings. The van der Waals surface area contributed by atoms with Crippen molar-refractivity contribution in [3.05, 3.63) is 64.2 Å². The van der Waals surface area contributed by atoms with E-state index in [1.807, 2.05) is 30.3 Å². The molecule has 0 radical (unpaired) electrons. The standard InChI is InChI=1S/C18H16ClNO/c1-21-17-7-6-16(19)8-15(17)11-18(12-20)9-13-4-2-3-5-14(13)10-18/h2-8H,9-11H2,1H3. The van der Waals surface area contributed by atoms with Crippen LogP contribution in [0.4, 0.5) is 0 Å². The average Bonchev–Trinajstić information content (AvgIpc) is 2.86. The highest BCUT2D eigenvalue weighted by atomic mass is 35.5. The Morgan fingerprint density at radius 3 is 2.43 bits per heavy atom. The average molecular weight is 298 g/mol. The third kappa shape index (κ3) is 2.62. The van der Waals surface area contributed by atoms with Crippen LogP contribution in [0.1, 0.15) is 16.7 Å². The Kier molecular flexibility index (Phi) is 3.61. The fourth-order valence-electron chi connectivity index (χ4n) is 3.19. The topological polar surface area (TPSA) is 33.0 Å². The van der Waals surface area contributed by atoms with Crippen LogP contribution < -0.4 is 4.74 Å². The van der Waals surface area contributed by atoms with E-state index < -0.39 is 5.41 Å². The van der Waals surface area contributed by atoms with Crippen LogP contribution in [0.5, 0.6) is 5.75 Å². The summed E-state index contributed by atoms with van der Waals surface area (Å²) in [7, 11) is 1.65. The van der Waals surface area contributed by atoms with E-state index in [0.717, 1.165) is 24.2 Å². The summed E-state index contributed by atoms with van der Waals surface area (Å²) in [6.45, 7) is 0. The van der Waals surface area contributed by atoms with Crippen LogP contribution in [0.25, 0.3) is 0 Å². The van der Waals surface area contributed by atoms with Crippen LogP contribution in [0.2, 0.25) is 5.02 Å². The second-order valence-corrected chi connectivity index (χ2v) is 6.08. The number of benzene rings is 2. The molecule has 1 aliphatic carbocycles. The zero-order valence-electron chi connectivity index (χ0n) is 11.9. The van der Waals surface area contributed by atoms with Crippen molar-refractivity contribution in [2.75, 3.05) is 7.11 Å². The number of nitriles is 1. The van der Waals surface area contributed by atoms with Crippen LogP contribution in [0.15, 0.2) is 42.5 Å². The van der Waals surface area contributed by atoms with Crippen molar-refractivity contribution in [2.24, 2.45) is 5.41 Å². The van der Waals surface area contributed by atoms with Gasteiger partial charge in [-0.05, 0) is 54.2 Å². The second kappa shape index (κ2) is 5.42.